The maximum absolute atomic E-state index is 12.7. The van der Waals surface area contributed by atoms with Crippen molar-refractivity contribution in [2.24, 2.45) is 0 Å². The molecule has 0 bridgehead atoms. The molecule has 180 valence electrons. The molecular formula is C23H20N4O5S3. The third-order valence-corrected chi connectivity index (χ3v) is 8.23. The first-order valence-corrected chi connectivity index (χ1v) is 13.4. The molecule has 0 radical (unpaired) electrons. The lowest BCUT2D eigenvalue weighted by molar-refractivity contribution is 0.0730. The van der Waals surface area contributed by atoms with Crippen molar-refractivity contribution in [2.45, 2.75) is 4.90 Å². The van der Waals surface area contributed by atoms with Crippen LogP contribution in [0.5, 0.6) is 0 Å². The summed E-state index contributed by atoms with van der Waals surface area (Å²) in [5.41, 5.74) is 1.70. The number of nitrogens with one attached hydrogen (secondary N) is 2. The van der Waals surface area contributed by atoms with Crippen molar-refractivity contribution in [3.05, 3.63) is 65.5 Å². The Morgan fingerprint density at radius 1 is 1.09 bits per heavy atom. The Morgan fingerprint density at radius 2 is 1.83 bits per heavy atom. The number of carbonyl (C=O) groups excluding carboxylic acids is 1. The van der Waals surface area contributed by atoms with Gasteiger partial charge < -0.3 is 14.5 Å². The number of aromatic nitrogens is 1. The van der Waals surface area contributed by atoms with Gasteiger partial charge in [0.1, 0.15) is 11.3 Å². The summed E-state index contributed by atoms with van der Waals surface area (Å²) in [6.07, 6.45) is 0. The Bertz CT molecular complexity index is 1460. The van der Waals surface area contributed by atoms with Crippen molar-refractivity contribution in [3.63, 3.8) is 0 Å². The third-order valence-electron chi connectivity index (χ3n) is 5.35. The molecule has 1 aliphatic heterocycles. The number of thiazole rings is 1. The molecule has 0 unspecified atom stereocenters. The summed E-state index contributed by atoms with van der Waals surface area (Å²) < 4.78 is 37.9. The number of morpholine rings is 1. The van der Waals surface area contributed by atoms with Crippen molar-refractivity contribution in [1.82, 2.24) is 14.6 Å². The summed E-state index contributed by atoms with van der Waals surface area (Å²) in [6, 6.07) is 15.3. The van der Waals surface area contributed by atoms with Crippen molar-refractivity contribution in [1.29, 1.82) is 0 Å². The van der Waals surface area contributed by atoms with Gasteiger partial charge in [0, 0.05) is 29.4 Å². The van der Waals surface area contributed by atoms with Crippen LogP contribution in [0.2, 0.25) is 0 Å². The highest BCUT2D eigenvalue weighted by Crippen LogP contribution is 2.30. The molecule has 2 N–H and O–H groups in total. The van der Waals surface area contributed by atoms with E-state index in [9.17, 15) is 13.2 Å². The molecule has 4 aromatic rings. The van der Waals surface area contributed by atoms with Crippen molar-refractivity contribution < 1.29 is 22.4 Å². The van der Waals surface area contributed by atoms with E-state index in [-0.39, 0.29) is 15.6 Å². The Hall–Kier alpha value is -3.16. The van der Waals surface area contributed by atoms with Crippen LogP contribution in [0.15, 0.2) is 69.3 Å². The highest BCUT2D eigenvalue weighted by atomic mass is 32.2. The lowest BCUT2D eigenvalue weighted by Crippen LogP contribution is -2.40. The minimum absolute atomic E-state index is 0.0746. The van der Waals surface area contributed by atoms with Gasteiger partial charge in [-0.25, -0.2) is 13.4 Å². The first kappa shape index (κ1) is 23.6. The molecule has 2 aromatic heterocycles. The third kappa shape index (κ3) is 5.11. The Balaban J connectivity index is 1.21. The molecule has 1 aliphatic rings. The summed E-state index contributed by atoms with van der Waals surface area (Å²) in [6.45, 7) is 1.34. The molecule has 0 atom stereocenters. The van der Waals surface area contributed by atoms with Gasteiger partial charge in [0.05, 0.1) is 18.1 Å². The van der Waals surface area contributed by atoms with E-state index in [1.165, 1.54) is 39.9 Å². The van der Waals surface area contributed by atoms with Crippen LogP contribution in [0, 0.1) is 0 Å². The SMILES string of the molecule is O=C(NC(=S)Nc1nc(-c2cc3ccccc3o2)cs1)c1ccc(S(=O)(=O)N2CCOCC2)cc1. The van der Waals surface area contributed by atoms with Crippen LogP contribution in [0.3, 0.4) is 0 Å². The average molecular weight is 529 g/mol. The molecule has 1 saturated heterocycles. The van der Waals surface area contributed by atoms with Gasteiger partial charge in [-0.3, -0.25) is 10.1 Å². The molecular weight excluding hydrogens is 508 g/mol. The van der Waals surface area contributed by atoms with Crippen LogP contribution in [-0.4, -0.2) is 55.0 Å². The zero-order chi connectivity index (χ0) is 24.4. The largest absolute Gasteiger partial charge is 0.454 e. The Kier molecular flexibility index (Phi) is 6.62. The van der Waals surface area contributed by atoms with Gasteiger partial charge in [0.15, 0.2) is 16.0 Å². The van der Waals surface area contributed by atoms with Crippen LogP contribution in [0.1, 0.15) is 10.4 Å². The van der Waals surface area contributed by atoms with Gasteiger partial charge in [0.2, 0.25) is 10.0 Å². The number of amides is 1. The summed E-state index contributed by atoms with van der Waals surface area (Å²) in [5.74, 6) is 0.171. The maximum Gasteiger partial charge on any atom is 0.257 e. The topological polar surface area (TPSA) is 114 Å². The summed E-state index contributed by atoms with van der Waals surface area (Å²) in [7, 11) is -3.63. The number of para-hydroxylation sites is 1. The highest BCUT2D eigenvalue weighted by molar-refractivity contribution is 7.89. The average Bonchev–Trinajstić information content (AvgIpc) is 3.51. The molecule has 12 heteroatoms. The van der Waals surface area contributed by atoms with Crippen LogP contribution in [-0.2, 0) is 14.8 Å². The van der Waals surface area contributed by atoms with E-state index >= 15 is 0 Å². The van der Waals surface area contributed by atoms with E-state index in [0.717, 1.165) is 11.0 Å². The van der Waals surface area contributed by atoms with Crippen LogP contribution < -0.4 is 10.6 Å². The number of thiocarbonyl (C=S) groups is 1. The maximum atomic E-state index is 12.7. The molecule has 35 heavy (non-hydrogen) atoms. The van der Waals surface area contributed by atoms with Gasteiger partial charge in [0.25, 0.3) is 5.91 Å². The second-order valence-electron chi connectivity index (χ2n) is 7.64. The molecule has 1 fully saturated rings. The first-order chi connectivity index (χ1) is 16.9. The van der Waals surface area contributed by atoms with Gasteiger partial charge in [-0.1, -0.05) is 18.2 Å². The summed E-state index contributed by atoms with van der Waals surface area (Å²) >= 11 is 6.57. The minimum atomic E-state index is -3.63. The lowest BCUT2D eigenvalue weighted by atomic mass is 10.2. The molecule has 3 heterocycles. The highest BCUT2D eigenvalue weighted by Gasteiger charge is 2.26. The van der Waals surface area contributed by atoms with E-state index in [0.29, 0.717) is 42.9 Å². The smallest absolute Gasteiger partial charge is 0.257 e. The monoisotopic (exact) mass is 528 g/mol. The van der Waals surface area contributed by atoms with E-state index in [1.807, 2.05) is 35.7 Å². The van der Waals surface area contributed by atoms with Gasteiger partial charge in [-0.2, -0.15) is 4.31 Å². The minimum Gasteiger partial charge on any atom is -0.454 e. The van der Waals surface area contributed by atoms with Crippen molar-refractivity contribution >= 4 is 60.7 Å². The molecule has 2 aromatic carbocycles. The summed E-state index contributed by atoms with van der Waals surface area (Å²) in [4.78, 5) is 17.2. The van der Waals surface area contributed by atoms with Crippen LogP contribution in [0.25, 0.3) is 22.4 Å². The van der Waals surface area contributed by atoms with E-state index in [4.69, 9.17) is 21.4 Å². The zero-order valence-electron chi connectivity index (χ0n) is 18.3. The molecule has 0 spiro atoms. The lowest BCUT2D eigenvalue weighted by Gasteiger charge is -2.26. The second kappa shape index (κ2) is 9.84. The number of nitrogens with zero attached hydrogens (tertiary/aromatic N) is 2. The quantitative estimate of drug-likeness (QED) is 0.377. The van der Waals surface area contributed by atoms with E-state index in [1.54, 1.807) is 0 Å². The first-order valence-electron chi connectivity index (χ1n) is 10.6. The number of ether oxygens (including phenoxy) is 1. The fourth-order valence-corrected chi connectivity index (χ4v) is 5.94. The molecule has 0 aliphatic carbocycles. The zero-order valence-corrected chi connectivity index (χ0v) is 20.7. The standard InChI is InChI=1S/C23H20N4O5S3/c28-21(15-5-7-17(8-6-15)35(29,30)27-9-11-31-12-10-27)25-22(33)26-23-24-18(14-34-23)20-13-16-3-1-2-4-19(16)32-20/h1-8,13-14H,9-12H2,(H2,24,25,26,28,33). The number of sulfonamides is 1. The van der Waals surface area contributed by atoms with E-state index in [2.05, 4.69) is 15.6 Å². The molecule has 1 amide bonds. The predicted octanol–water partition coefficient (Wildman–Crippen LogP) is 3.70. The Labute approximate surface area is 210 Å². The molecule has 0 saturated carbocycles. The fourth-order valence-electron chi connectivity index (χ4n) is 3.57. The van der Waals surface area contributed by atoms with Crippen LogP contribution >= 0.6 is 23.6 Å². The van der Waals surface area contributed by atoms with Crippen molar-refractivity contribution in [2.75, 3.05) is 31.6 Å². The molecule has 9 nitrogen and oxygen atoms in total. The molecule has 5 rings (SSSR count). The number of furan rings is 1. The van der Waals surface area contributed by atoms with E-state index < -0.39 is 15.9 Å². The van der Waals surface area contributed by atoms with Gasteiger partial charge in [-0.15, -0.1) is 11.3 Å². The van der Waals surface area contributed by atoms with Gasteiger partial charge in [-0.05, 0) is 48.6 Å². The number of anilines is 1. The summed E-state index contributed by atoms with van der Waals surface area (Å²) in [5, 5.41) is 8.87. The second-order valence-corrected chi connectivity index (χ2v) is 10.8. The normalized spacial score (nSPS) is 14.6. The predicted molar refractivity (Wildman–Crippen MR) is 137 cm³/mol. The number of rotatable bonds is 5. The fraction of sp³-hybridized carbons (Fsp3) is 0.174. The number of benzene rings is 2. The number of hydrogen-bond donors (Lipinski definition) is 2. The number of hydrogen-bond acceptors (Lipinski definition) is 8. The van der Waals surface area contributed by atoms with Gasteiger partial charge >= 0.3 is 0 Å². The van der Waals surface area contributed by atoms with Crippen LogP contribution in [0.4, 0.5) is 5.13 Å². The van der Waals surface area contributed by atoms with Crippen molar-refractivity contribution in [3.8, 4) is 11.5 Å². The number of carbonyl (C=O) groups is 1. The Morgan fingerprint density at radius 3 is 2.57 bits per heavy atom. The number of fused-ring (bicyclic) bond motifs is 1.